The van der Waals surface area contributed by atoms with E-state index in [0.717, 1.165) is 11.8 Å². The molecule has 0 radical (unpaired) electrons. The van der Waals surface area contributed by atoms with Gasteiger partial charge in [-0.05, 0) is 24.1 Å². The van der Waals surface area contributed by atoms with E-state index in [1.807, 2.05) is 36.4 Å². The number of nitrogens with zero attached hydrogens (tertiary/aromatic N) is 2. The van der Waals surface area contributed by atoms with Crippen LogP contribution in [0.15, 0.2) is 54.7 Å². The molecule has 5 heteroatoms. The Morgan fingerprint density at radius 1 is 1.14 bits per heavy atom. The Bertz CT molecular complexity index is 802. The summed E-state index contributed by atoms with van der Waals surface area (Å²) >= 11 is 0. The Kier molecular flexibility index (Phi) is 3.96. The van der Waals surface area contributed by atoms with Gasteiger partial charge in [-0.1, -0.05) is 36.4 Å². The minimum atomic E-state index is -0.116. The van der Waals surface area contributed by atoms with Crippen molar-refractivity contribution in [3.63, 3.8) is 0 Å². The van der Waals surface area contributed by atoms with Crippen molar-refractivity contribution >= 4 is 22.8 Å². The summed E-state index contributed by atoms with van der Waals surface area (Å²) in [5.41, 5.74) is 8.01. The monoisotopic (exact) mass is 292 g/mol. The molecular weight excluding hydrogens is 276 g/mol. The van der Waals surface area contributed by atoms with Crippen molar-refractivity contribution < 1.29 is 4.79 Å². The number of hydrogen-bond donors (Lipinski definition) is 2. The Hall–Kier alpha value is -2.95. The number of nitrogens with one attached hydrogen (secondary N) is 1. The van der Waals surface area contributed by atoms with Gasteiger partial charge >= 0.3 is 0 Å². The van der Waals surface area contributed by atoms with Crippen molar-refractivity contribution in [3.05, 3.63) is 65.9 Å². The average Bonchev–Trinajstić information content (AvgIpc) is 2.55. The quantitative estimate of drug-likeness (QED) is 0.772. The first-order valence-electron chi connectivity index (χ1n) is 7.07. The molecule has 22 heavy (non-hydrogen) atoms. The van der Waals surface area contributed by atoms with E-state index >= 15 is 0 Å². The van der Waals surface area contributed by atoms with Gasteiger partial charge in [0, 0.05) is 23.7 Å². The normalized spacial score (nSPS) is 10.5. The van der Waals surface area contributed by atoms with Crippen molar-refractivity contribution in [2.24, 2.45) is 0 Å². The summed E-state index contributed by atoms with van der Waals surface area (Å²) in [7, 11) is 0. The van der Waals surface area contributed by atoms with Crippen molar-refractivity contribution in [3.8, 4) is 0 Å². The van der Waals surface area contributed by atoms with Crippen LogP contribution in [-0.2, 0) is 6.42 Å². The van der Waals surface area contributed by atoms with Gasteiger partial charge in [0.2, 0.25) is 5.95 Å². The van der Waals surface area contributed by atoms with Crippen LogP contribution in [0.2, 0.25) is 0 Å². The molecule has 0 aliphatic rings. The summed E-state index contributed by atoms with van der Waals surface area (Å²) in [5, 5.41) is 3.77. The standard InChI is InChI=1S/C17H16N4O/c18-17-20-11-14-7-6-13(10-15(14)21-17)16(22)19-9-8-12-4-2-1-3-5-12/h1-7,10-11H,8-9H2,(H,19,22)(H2,18,20,21). The van der Waals surface area contributed by atoms with Crippen LogP contribution >= 0.6 is 0 Å². The maximum absolute atomic E-state index is 12.2. The summed E-state index contributed by atoms with van der Waals surface area (Å²) < 4.78 is 0. The van der Waals surface area contributed by atoms with Crippen LogP contribution < -0.4 is 11.1 Å². The van der Waals surface area contributed by atoms with Crippen LogP contribution in [0.3, 0.4) is 0 Å². The van der Waals surface area contributed by atoms with E-state index in [1.165, 1.54) is 5.56 Å². The molecule has 0 saturated carbocycles. The maximum Gasteiger partial charge on any atom is 0.251 e. The van der Waals surface area contributed by atoms with Gasteiger partial charge in [-0.3, -0.25) is 4.79 Å². The first-order valence-corrected chi connectivity index (χ1v) is 7.07. The number of rotatable bonds is 4. The van der Waals surface area contributed by atoms with Gasteiger partial charge in [-0.25, -0.2) is 9.97 Å². The lowest BCUT2D eigenvalue weighted by Gasteiger charge is -2.06. The largest absolute Gasteiger partial charge is 0.368 e. The summed E-state index contributed by atoms with van der Waals surface area (Å²) in [6.45, 7) is 0.590. The second-order valence-corrected chi connectivity index (χ2v) is 4.99. The van der Waals surface area contributed by atoms with E-state index in [-0.39, 0.29) is 11.9 Å². The lowest BCUT2D eigenvalue weighted by atomic mass is 10.1. The molecule has 0 unspecified atom stereocenters. The zero-order chi connectivity index (χ0) is 15.4. The van der Waals surface area contributed by atoms with E-state index < -0.39 is 0 Å². The molecule has 0 atom stereocenters. The Labute approximate surface area is 128 Å². The Morgan fingerprint density at radius 3 is 2.77 bits per heavy atom. The molecular formula is C17H16N4O. The minimum Gasteiger partial charge on any atom is -0.368 e. The Morgan fingerprint density at radius 2 is 1.95 bits per heavy atom. The number of nitrogen functional groups attached to an aromatic ring is 1. The lowest BCUT2D eigenvalue weighted by molar-refractivity contribution is 0.0954. The second kappa shape index (κ2) is 6.22. The molecule has 1 heterocycles. The molecule has 0 spiro atoms. The molecule has 3 rings (SSSR count). The summed E-state index contributed by atoms with van der Waals surface area (Å²) in [4.78, 5) is 20.2. The zero-order valence-electron chi connectivity index (χ0n) is 12.0. The molecule has 0 aliphatic carbocycles. The summed E-state index contributed by atoms with van der Waals surface area (Å²) in [5.74, 6) is 0.0872. The van der Waals surface area contributed by atoms with Gasteiger partial charge in [0.25, 0.3) is 5.91 Å². The van der Waals surface area contributed by atoms with Crippen molar-refractivity contribution in [1.82, 2.24) is 15.3 Å². The van der Waals surface area contributed by atoms with E-state index in [2.05, 4.69) is 15.3 Å². The van der Waals surface area contributed by atoms with Gasteiger partial charge in [0.15, 0.2) is 0 Å². The number of amides is 1. The van der Waals surface area contributed by atoms with Crippen molar-refractivity contribution in [1.29, 1.82) is 0 Å². The Balaban J connectivity index is 1.67. The van der Waals surface area contributed by atoms with Crippen LogP contribution in [0.25, 0.3) is 10.9 Å². The van der Waals surface area contributed by atoms with E-state index in [0.29, 0.717) is 17.6 Å². The number of hydrogen-bond acceptors (Lipinski definition) is 4. The highest BCUT2D eigenvalue weighted by molar-refractivity contribution is 5.97. The molecule has 3 aromatic rings. The smallest absolute Gasteiger partial charge is 0.251 e. The third kappa shape index (κ3) is 3.20. The first kappa shape index (κ1) is 14.0. The predicted octanol–water partition coefficient (Wildman–Crippen LogP) is 2.18. The molecule has 0 saturated heterocycles. The first-order chi connectivity index (χ1) is 10.7. The second-order valence-electron chi connectivity index (χ2n) is 4.99. The highest BCUT2D eigenvalue weighted by atomic mass is 16.1. The third-order valence-corrected chi connectivity index (χ3v) is 3.41. The molecule has 5 nitrogen and oxygen atoms in total. The van der Waals surface area contributed by atoms with Crippen LogP contribution in [0.1, 0.15) is 15.9 Å². The number of nitrogens with two attached hydrogens (primary N) is 1. The van der Waals surface area contributed by atoms with Crippen molar-refractivity contribution in [2.75, 3.05) is 12.3 Å². The van der Waals surface area contributed by atoms with Gasteiger partial charge in [0.1, 0.15) is 0 Å². The SMILES string of the molecule is Nc1ncc2ccc(C(=O)NCCc3ccccc3)cc2n1. The van der Waals surface area contributed by atoms with Gasteiger partial charge < -0.3 is 11.1 Å². The van der Waals surface area contributed by atoms with E-state index in [9.17, 15) is 4.79 Å². The molecule has 2 aromatic carbocycles. The zero-order valence-corrected chi connectivity index (χ0v) is 12.0. The number of benzene rings is 2. The molecule has 3 N–H and O–H groups in total. The lowest BCUT2D eigenvalue weighted by Crippen LogP contribution is -2.25. The fourth-order valence-corrected chi connectivity index (χ4v) is 2.25. The maximum atomic E-state index is 12.2. The van der Waals surface area contributed by atoms with Gasteiger partial charge in [-0.15, -0.1) is 0 Å². The number of carbonyl (C=O) groups excluding carboxylic acids is 1. The topological polar surface area (TPSA) is 80.9 Å². The summed E-state index contributed by atoms with van der Waals surface area (Å²) in [6, 6.07) is 15.4. The molecule has 1 amide bonds. The highest BCUT2D eigenvalue weighted by Crippen LogP contribution is 2.14. The van der Waals surface area contributed by atoms with Crippen LogP contribution in [0, 0.1) is 0 Å². The summed E-state index contributed by atoms with van der Waals surface area (Å²) in [6.07, 6.45) is 2.45. The van der Waals surface area contributed by atoms with Crippen LogP contribution in [0.4, 0.5) is 5.95 Å². The number of carbonyl (C=O) groups is 1. The fraction of sp³-hybridized carbons (Fsp3) is 0.118. The number of fused-ring (bicyclic) bond motifs is 1. The molecule has 0 aliphatic heterocycles. The van der Waals surface area contributed by atoms with E-state index in [1.54, 1.807) is 18.3 Å². The molecule has 1 aromatic heterocycles. The van der Waals surface area contributed by atoms with Crippen molar-refractivity contribution in [2.45, 2.75) is 6.42 Å². The predicted molar refractivity (Wildman–Crippen MR) is 86.4 cm³/mol. The molecule has 110 valence electrons. The fourth-order valence-electron chi connectivity index (χ4n) is 2.25. The molecule has 0 fully saturated rings. The van der Waals surface area contributed by atoms with Crippen LogP contribution in [0.5, 0.6) is 0 Å². The van der Waals surface area contributed by atoms with Gasteiger partial charge in [0.05, 0.1) is 5.52 Å². The molecule has 0 bridgehead atoms. The van der Waals surface area contributed by atoms with E-state index in [4.69, 9.17) is 5.73 Å². The number of aromatic nitrogens is 2. The van der Waals surface area contributed by atoms with Gasteiger partial charge in [-0.2, -0.15) is 0 Å². The highest BCUT2D eigenvalue weighted by Gasteiger charge is 2.07. The van der Waals surface area contributed by atoms with Crippen LogP contribution in [-0.4, -0.2) is 22.4 Å². The average molecular weight is 292 g/mol. The number of anilines is 1. The third-order valence-electron chi connectivity index (χ3n) is 3.41. The minimum absolute atomic E-state index is 0.116.